The molecule has 1 nitrogen and oxygen atoms in total. The first-order valence-corrected chi connectivity index (χ1v) is 3.40. The maximum atomic E-state index is 12.0. The quantitative estimate of drug-likeness (QED) is 0.500. The molecule has 0 aromatic carbocycles. The molecule has 0 heterocycles. The molecule has 1 atom stereocenters. The van der Waals surface area contributed by atoms with Gasteiger partial charge in [-0.3, -0.25) is 0 Å². The molecule has 80 valence electrons. The summed E-state index contributed by atoms with van der Waals surface area (Å²) in [4.78, 5) is 0. The van der Waals surface area contributed by atoms with Gasteiger partial charge in [-0.2, -0.15) is 13.2 Å². The molecular formula is C6H8F6O. The van der Waals surface area contributed by atoms with E-state index in [-0.39, 0.29) is 0 Å². The fourth-order valence-corrected chi connectivity index (χ4v) is 0.454. The van der Waals surface area contributed by atoms with Crippen molar-refractivity contribution in [2.45, 2.75) is 25.2 Å². The minimum Gasteiger partial charge on any atom is -0.378 e. The second-order valence-corrected chi connectivity index (χ2v) is 2.26. The van der Waals surface area contributed by atoms with Gasteiger partial charge in [-0.1, -0.05) is 0 Å². The first-order valence-electron chi connectivity index (χ1n) is 3.40. The smallest absolute Gasteiger partial charge is 0.378 e. The average molecular weight is 210 g/mol. The zero-order valence-corrected chi connectivity index (χ0v) is 6.45. The third kappa shape index (κ3) is 6.68. The summed E-state index contributed by atoms with van der Waals surface area (Å²) >= 11 is 0. The van der Waals surface area contributed by atoms with Crippen LogP contribution in [0.3, 0.4) is 0 Å². The summed E-state index contributed by atoms with van der Waals surface area (Å²) in [7, 11) is 0. The first kappa shape index (κ1) is 12.5. The highest BCUT2D eigenvalue weighted by atomic mass is 19.4. The highest BCUT2D eigenvalue weighted by Crippen LogP contribution is 2.22. The Bertz CT molecular complexity index is 134. The lowest BCUT2D eigenvalue weighted by atomic mass is 10.4. The Morgan fingerprint density at radius 2 is 1.62 bits per heavy atom. The van der Waals surface area contributed by atoms with Crippen LogP contribution in [0.25, 0.3) is 0 Å². The summed E-state index contributed by atoms with van der Waals surface area (Å²) in [5.41, 5.74) is 0. The van der Waals surface area contributed by atoms with Gasteiger partial charge in [0.1, 0.15) is 0 Å². The van der Waals surface area contributed by atoms with E-state index in [2.05, 4.69) is 4.74 Å². The van der Waals surface area contributed by atoms with E-state index >= 15 is 0 Å². The third-order valence-corrected chi connectivity index (χ3v) is 1.10. The summed E-state index contributed by atoms with van der Waals surface area (Å²) in [5.74, 6) is 0. The molecule has 0 spiro atoms. The Morgan fingerprint density at radius 3 is 2.00 bits per heavy atom. The van der Waals surface area contributed by atoms with Gasteiger partial charge in [0.2, 0.25) is 12.6 Å². The fraction of sp³-hybridized carbons (Fsp3) is 1.00. The number of hydrogen-bond acceptors (Lipinski definition) is 1. The van der Waals surface area contributed by atoms with E-state index in [4.69, 9.17) is 0 Å². The molecule has 13 heavy (non-hydrogen) atoms. The second kappa shape index (κ2) is 5.31. The van der Waals surface area contributed by atoms with Gasteiger partial charge in [0.05, 0.1) is 13.2 Å². The lowest BCUT2D eigenvalue weighted by molar-refractivity contribution is -0.194. The molecule has 0 aliphatic heterocycles. The standard InChI is InChI=1S/C6H8F6O/c7-4(6(10,11)12)3-13-2-1-5(8)9/h4-5H,1-3H2. The Hall–Kier alpha value is -0.460. The molecule has 0 bridgehead atoms. The predicted molar refractivity (Wildman–Crippen MR) is 32.4 cm³/mol. The largest absolute Gasteiger partial charge is 0.421 e. The maximum Gasteiger partial charge on any atom is 0.421 e. The zero-order valence-electron chi connectivity index (χ0n) is 6.45. The minimum atomic E-state index is -4.98. The van der Waals surface area contributed by atoms with Crippen LogP contribution in [0.4, 0.5) is 26.3 Å². The van der Waals surface area contributed by atoms with Crippen LogP contribution in [0, 0.1) is 0 Å². The van der Waals surface area contributed by atoms with Crippen molar-refractivity contribution in [3.63, 3.8) is 0 Å². The summed E-state index contributed by atoms with van der Waals surface area (Å²) in [6.07, 6.45) is -11.4. The Balaban J connectivity index is 3.43. The van der Waals surface area contributed by atoms with Crippen molar-refractivity contribution in [1.82, 2.24) is 0 Å². The number of rotatable bonds is 5. The van der Waals surface area contributed by atoms with Crippen molar-refractivity contribution in [1.29, 1.82) is 0 Å². The highest BCUT2D eigenvalue weighted by molar-refractivity contribution is 4.64. The van der Waals surface area contributed by atoms with Crippen LogP contribution in [0.2, 0.25) is 0 Å². The molecule has 0 radical (unpaired) electrons. The molecule has 0 aliphatic carbocycles. The van der Waals surface area contributed by atoms with Gasteiger partial charge in [-0.05, 0) is 0 Å². The fourth-order valence-electron chi connectivity index (χ4n) is 0.454. The van der Waals surface area contributed by atoms with E-state index in [1.54, 1.807) is 0 Å². The molecule has 0 aliphatic rings. The van der Waals surface area contributed by atoms with Crippen LogP contribution in [0.15, 0.2) is 0 Å². The van der Waals surface area contributed by atoms with E-state index in [0.29, 0.717) is 0 Å². The normalized spacial score (nSPS) is 15.0. The lowest BCUT2D eigenvalue weighted by Crippen LogP contribution is -2.29. The molecule has 0 fully saturated rings. The van der Waals surface area contributed by atoms with Gasteiger partial charge in [-0.25, -0.2) is 13.2 Å². The number of hydrogen-bond donors (Lipinski definition) is 0. The lowest BCUT2D eigenvalue weighted by Gasteiger charge is -2.12. The van der Waals surface area contributed by atoms with E-state index < -0.39 is 38.4 Å². The number of halogens is 6. The van der Waals surface area contributed by atoms with Gasteiger partial charge in [0, 0.05) is 6.42 Å². The Labute approximate surface area is 70.7 Å². The van der Waals surface area contributed by atoms with E-state index in [1.807, 2.05) is 0 Å². The van der Waals surface area contributed by atoms with Crippen LogP contribution in [0.1, 0.15) is 6.42 Å². The summed E-state index contributed by atoms with van der Waals surface area (Å²) in [5, 5.41) is 0. The molecule has 0 rings (SSSR count). The van der Waals surface area contributed by atoms with Gasteiger partial charge in [0.15, 0.2) is 0 Å². The van der Waals surface area contributed by atoms with Crippen molar-refractivity contribution in [3.8, 4) is 0 Å². The van der Waals surface area contributed by atoms with E-state index in [0.717, 1.165) is 0 Å². The monoisotopic (exact) mass is 210 g/mol. The predicted octanol–water partition coefficient (Wildman–Crippen LogP) is 2.56. The maximum absolute atomic E-state index is 12.0. The average Bonchev–Trinajstić information content (AvgIpc) is 1.95. The number of ether oxygens (including phenoxy) is 1. The van der Waals surface area contributed by atoms with Crippen molar-refractivity contribution in [3.05, 3.63) is 0 Å². The van der Waals surface area contributed by atoms with Crippen molar-refractivity contribution >= 4 is 0 Å². The highest BCUT2D eigenvalue weighted by Gasteiger charge is 2.40. The molecule has 0 saturated heterocycles. The third-order valence-electron chi connectivity index (χ3n) is 1.10. The first-order chi connectivity index (χ1) is 5.84. The van der Waals surface area contributed by atoms with Crippen LogP contribution >= 0.6 is 0 Å². The number of alkyl halides is 6. The molecule has 0 amide bonds. The molecule has 7 heteroatoms. The van der Waals surface area contributed by atoms with E-state index in [1.165, 1.54) is 0 Å². The van der Waals surface area contributed by atoms with Crippen LogP contribution in [-0.4, -0.2) is 32.0 Å². The molecular weight excluding hydrogens is 202 g/mol. The van der Waals surface area contributed by atoms with Crippen LogP contribution in [-0.2, 0) is 4.74 Å². The summed E-state index contributed by atoms with van der Waals surface area (Å²) in [6.45, 7) is -1.80. The Kier molecular flexibility index (Phi) is 5.12. The van der Waals surface area contributed by atoms with E-state index in [9.17, 15) is 26.3 Å². The topological polar surface area (TPSA) is 9.23 Å². The SMILES string of the molecule is FC(F)CCOCC(F)C(F)(F)F. The minimum absolute atomic E-state index is 0.575. The van der Waals surface area contributed by atoms with Crippen LogP contribution < -0.4 is 0 Å². The van der Waals surface area contributed by atoms with Crippen molar-refractivity contribution in [2.75, 3.05) is 13.2 Å². The molecule has 0 aromatic rings. The molecule has 0 aromatic heterocycles. The molecule has 0 N–H and O–H groups in total. The van der Waals surface area contributed by atoms with Crippen molar-refractivity contribution in [2.24, 2.45) is 0 Å². The van der Waals surface area contributed by atoms with Gasteiger partial charge >= 0.3 is 6.18 Å². The van der Waals surface area contributed by atoms with Crippen LogP contribution in [0.5, 0.6) is 0 Å². The molecule has 1 unspecified atom stereocenters. The summed E-state index contributed by atoms with van der Waals surface area (Å²) in [6, 6.07) is 0. The van der Waals surface area contributed by atoms with Gasteiger partial charge < -0.3 is 4.74 Å². The van der Waals surface area contributed by atoms with Crippen molar-refractivity contribution < 1.29 is 31.1 Å². The molecule has 0 saturated carbocycles. The zero-order chi connectivity index (χ0) is 10.5. The summed E-state index contributed by atoms with van der Waals surface area (Å²) < 4.78 is 73.1. The Morgan fingerprint density at radius 1 is 1.08 bits per heavy atom. The second-order valence-electron chi connectivity index (χ2n) is 2.26. The van der Waals surface area contributed by atoms with Gasteiger partial charge in [0.25, 0.3) is 0 Å². The van der Waals surface area contributed by atoms with Gasteiger partial charge in [-0.15, -0.1) is 0 Å².